The minimum absolute atomic E-state index is 0.130. The van der Waals surface area contributed by atoms with Crippen molar-refractivity contribution >= 4 is 34.0 Å². The van der Waals surface area contributed by atoms with Gasteiger partial charge in [-0.05, 0) is 36.4 Å². The number of fused-ring (bicyclic) bond motifs is 1. The Morgan fingerprint density at radius 2 is 1.77 bits per heavy atom. The lowest BCUT2D eigenvalue weighted by molar-refractivity contribution is 0.102. The van der Waals surface area contributed by atoms with Crippen LogP contribution in [0.1, 0.15) is 10.4 Å². The fourth-order valence-corrected chi connectivity index (χ4v) is 3.53. The van der Waals surface area contributed by atoms with Gasteiger partial charge in [-0.2, -0.15) is 0 Å². The first kappa shape index (κ1) is 20.6. The Labute approximate surface area is 180 Å². The van der Waals surface area contributed by atoms with E-state index in [0.29, 0.717) is 27.9 Å². The first-order valence-electron chi connectivity index (χ1n) is 9.14. The van der Waals surface area contributed by atoms with Gasteiger partial charge in [-0.25, -0.2) is 8.78 Å². The van der Waals surface area contributed by atoms with Crippen LogP contribution >= 0.6 is 11.6 Å². The molecular formula is C23H15ClF2N2O3. The molecule has 1 heterocycles. The van der Waals surface area contributed by atoms with Crippen LogP contribution in [-0.4, -0.2) is 17.6 Å². The number of aromatic nitrogens is 1. The number of ether oxygens (including phenoxy) is 1. The van der Waals surface area contributed by atoms with E-state index in [-0.39, 0.29) is 16.6 Å². The molecule has 0 unspecified atom stereocenters. The number of nitrogens with zero attached hydrogens (tertiary/aromatic N) is 1. The van der Waals surface area contributed by atoms with Crippen LogP contribution in [0.25, 0.3) is 16.5 Å². The lowest BCUT2D eigenvalue weighted by Gasteiger charge is -2.14. The molecule has 31 heavy (non-hydrogen) atoms. The average molecular weight is 441 g/mol. The topological polar surface area (TPSA) is 60.3 Å². The van der Waals surface area contributed by atoms with E-state index < -0.39 is 23.1 Å². The number of carbonyl (C=O) groups is 1. The second kappa shape index (κ2) is 8.20. The van der Waals surface area contributed by atoms with E-state index in [1.165, 1.54) is 25.4 Å². The number of amides is 1. The summed E-state index contributed by atoms with van der Waals surface area (Å²) >= 11 is 6.12. The molecule has 5 nitrogen and oxygen atoms in total. The van der Waals surface area contributed by atoms with Crippen LogP contribution in [0.5, 0.6) is 5.75 Å². The minimum atomic E-state index is -0.925. The molecule has 1 N–H and O–H groups in total. The summed E-state index contributed by atoms with van der Waals surface area (Å²) < 4.78 is 33.8. The number of anilines is 1. The van der Waals surface area contributed by atoms with Gasteiger partial charge in [-0.15, -0.1) is 0 Å². The zero-order valence-electron chi connectivity index (χ0n) is 16.2. The number of nitrogens with one attached hydrogen (secondary N) is 1. The molecule has 0 aliphatic rings. The normalized spacial score (nSPS) is 10.8. The summed E-state index contributed by atoms with van der Waals surface area (Å²) in [5.41, 5.74) is -0.166. The highest BCUT2D eigenvalue weighted by molar-refractivity contribution is 6.32. The van der Waals surface area contributed by atoms with E-state index in [0.717, 1.165) is 16.7 Å². The van der Waals surface area contributed by atoms with E-state index in [1.807, 2.05) is 0 Å². The number of carbonyl (C=O) groups excluding carboxylic acids is 1. The van der Waals surface area contributed by atoms with Gasteiger partial charge in [0, 0.05) is 28.7 Å². The minimum Gasteiger partial charge on any atom is -0.495 e. The zero-order valence-corrected chi connectivity index (χ0v) is 16.9. The molecule has 1 aromatic heterocycles. The van der Waals surface area contributed by atoms with Gasteiger partial charge >= 0.3 is 0 Å². The Bertz CT molecular complexity index is 1390. The monoisotopic (exact) mass is 440 g/mol. The van der Waals surface area contributed by atoms with Crippen molar-refractivity contribution in [2.45, 2.75) is 0 Å². The molecule has 0 bridgehead atoms. The number of hydrogen-bond acceptors (Lipinski definition) is 3. The van der Waals surface area contributed by atoms with Crippen molar-refractivity contribution < 1.29 is 18.3 Å². The SMILES string of the molecule is COc1ccc(NC(=O)c2cn(-c3ccc(F)cc3F)c(=O)c3ccccc23)cc1Cl. The number of halogens is 3. The lowest BCUT2D eigenvalue weighted by Crippen LogP contribution is -2.23. The second-order valence-electron chi connectivity index (χ2n) is 6.66. The molecule has 0 radical (unpaired) electrons. The second-order valence-corrected chi connectivity index (χ2v) is 7.07. The fourth-order valence-electron chi connectivity index (χ4n) is 3.27. The van der Waals surface area contributed by atoms with Crippen molar-refractivity contribution in [3.8, 4) is 11.4 Å². The molecule has 0 aliphatic heterocycles. The first-order valence-corrected chi connectivity index (χ1v) is 9.51. The maximum absolute atomic E-state index is 14.4. The van der Waals surface area contributed by atoms with E-state index in [9.17, 15) is 18.4 Å². The van der Waals surface area contributed by atoms with Gasteiger partial charge in [-0.1, -0.05) is 29.8 Å². The van der Waals surface area contributed by atoms with E-state index in [2.05, 4.69) is 5.32 Å². The third kappa shape index (κ3) is 3.87. The Morgan fingerprint density at radius 3 is 2.45 bits per heavy atom. The van der Waals surface area contributed by atoms with Crippen LogP contribution in [0.3, 0.4) is 0 Å². The van der Waals surface area contributed by atoms with Crippen molar-refractivity contribution in [1.82, 2.24) is 4.57 Å². The maximum Gasteiger partial charge on any atom is 0.263 e. The van der Waals surface area contributed by atoms with Crippen molar-refractivity contribution in [2.24, 2.45) is 0 Å². The molecule has 156 valence electrons. The van der Waals surface area contributed by atoms with E-state index >= 15 is 0 Å². The van der Waals surface area contributed by atoms with Crippen LogP contribution in [-0.2, 0) is 0 Å². The summed E-state index contributed by atoms with van der Waals surface area (Å²) in [7, 11) is 1.48. The summed E-state index contributed by atoms with van der Waals surface area (Å²) in [6, 6.07) is 14.1. The van der Waals surface area contributed by atoms with Crippen molar-refractivity contribution in [3.63, 3.8) is 0 Å². The van der Waals surface area contributed by atoms with Gasteiger partial charge in [0.1, 0.15) is 17.4 Å². The largest absolute Gasteiger partial charge is 0.495 e. The van der Waals surface area contributed by atoms with E-state index in [4.69, 9.17) is 16.3 Å². The molecular weight excluding hydrogens is 426 g/mol. The van der Waals surface area contributed by atoms with Gasteiger partial charge in [0.25, 0.3) is 11.5 Å². The highest BCUT2D eigenvalue weighted by Gasteiger charge is 2.18. The smallest absolute Gasteiger partial charge is 0.263 e. The highest BCUT2D eigenvalue weighted by atomic mass is 35.5. The quantitative estimate of drug-likeness (QED) is 0.475. The van der Waals surface area contributed by atoms with Crippen LogP contribution in [0, 0.1) is 11.6 Å². The maximum atomic E-state index is 14.4. The van der Waals surface area contributed by atoms with Gasteiger partial charge in [0.05, 0.1) is 23.4 Å². The molecule has 0 fully saturated rings. The van der Waals surface area contributed by atoms with Crippen molar-refractivity contribution in [3.05, 3.63) is 99.4 Å². The summed E-state index contributed by atoms with van der Waals surface area (Å²) in [5.74, 6) is -1.78. The Hall–Kier alpha value is -3.71. The molecule has 1 amide bonds. The molecule has 4 rings (SSSR count). The van der Waals surface area contributed by atoms with Crippen LogP contribution in [0.15, 0.2) is 71.7 Å². The molecule has 4 aromatic rings. The molecule has 0 saturated carbocycles. The summed E-state index contributed by atoms with van der Waals surface area (Å²) in [6.07, 6.45) is 1.24. The Morgan fingerprint density at radius 1 is 1.03 bits per heavy atom. The molecule has 8 heteroatoms. The summed E-state index contributed by atoms with van der Waals surface area (Å²) in [6.45, 7) is 0. The van der Waals surface area contributed by atoms with Gasteiger partial charge in [0.2, 0.25) is 0 Å². The zero-order chi connectivity index (χ0) is 22.1. The number of hydrogen-bond donors (Lipinski definition) is 1. The number of benzene rings is 3. The predicted molar refractivity (Wildman–Crippen MR) is 115 cm³/mol. The van der Waals surface area contributed by atoms with Gasteiger partial charge in [-0.3, -0.25) is 14.2 Å². The Balaban J connectivity index is 1.85. The molecule has 0 aliphatic carbocycles. The molecule has 3 aromatic carbocycles. The lowest BCUT2D eigenvalue weighted by atomic mass is 10.1. The van der Waals surface area contributed by atoms with E-state index in [1.54, 1.807) is 30.3 Å². The fraction of sp³-hybridized carbons (Fsp3) is 0.0435. The first-order chi connectivity index (χ1) is 14.9. The third-order valence-electron chi connectivity index (χ3n) is 4.75. The highest BCUT2D eigenvalue weighted by Crippen LogP contribution is 2.28. The average Bonchev–Trinajstić information content (AvgIpc) is 2.75. The van der Waals surface area contributed by atoms with Gasteiger partial charge in [0.15, 0.2) is 0 Å². The number of pyridine rings is 1. The van der Waals surface area contributed by atoms with Crippen LogP contribution < -0.4 is 15.6 Å². The van der Waals surface area contributed by atoms with Crippen molar-refractivity contribution in [1.29, 1.82) is 0 Å². The summed E-state index contributed by atoms with van der Waals surface area (Å²) in [5, 5.41) is 3.63. The van der Waals surface area contributed by atoms with Crippen LogP contribution in [0.2, 0.25) is 5.02 Å². The Kier molecular flexibility index (Phi) is 5.44. The summed E-state index contributed by atoms with van der Waals surface area (Å²) in [4.78, 5) is 26.0. The van der Waals surface area contributed by atoms with Crippen LogP contribution in [0.4, 0.5) is 14.5 Å². The number of methoxy groups -OCH3 is 1. The molecule has 0 spiro atoms. The third-order valence-corrected chi connectivity index (χ3v) is 5.04. The van der Waals surface area contributed by atoms with Gasteiger partial charge < -0.3 is 10.1 Å². The number of rotatable bonds is 4. The molecule has 0 saturated heterocycles. The molecule has 0 atom stereocenters. The standard InChI is InChI=1S/C23H15ClF2N2O3/c1-31-21-9-7-14(11-18(21)24)27-22(29)17-12-28(20-8-6-13(25)10-19(20)26)23(30)16-5-3-2-4-15(16)17/h2-12H,1H3,(H,27,29). The van der Waals surface area contributed by atoms with Crippen molar-refractivity contribution in [2.75, 3.05) is 12.4 Å². The predicted octanol–water partition coefficient (Wildman–Crippen LogP) is 5.18.